The second-order valence-corrected chi connectivity index (χ2v) is 12.9. The highest BCUT2D eigenvalue weighted by Crippen LogP contribution is 2.39. The van der Waals surface area contributed by atoms with Crippen LogP contribution >= 0.6 is 0 Å². The third kappa shape index (κ3) is 7.27. The number of carbonyl (C=O) groups excluding carboxylic acids is 1. The van der Waals surface area contributed by atoms with Gasteiger partial charge in [0.2, 0.25) is 18.5 Å². The fourth-order valence-electron chi connectivity index (χ4n) is 7.12. The zero-order valence-electron chi connectivity index (χ0n) is 29.7. The summed E-state index contributed by atoms with van der Waals surface area (Å²) in [4.78, 5) is 25.6. The number of furan rings is 1. The topological polar surface area (TPSA) is 104 Å². The molecule has 3 aromatic carbocycles. The number of benzene rings is 3. The molecule has 0 bridgehead atoms. The number of rotatable bonds is 13. The van der Waals surface area contributed by atoms with Crippen LogP contribution < -0.4 is 28.6 Å². The summed E-state index contributed by atoms with van der Waals surface area (Å²) in [6, 6.07) is 21.7. The van der Waals surface area contributed by atoms with Crippen molar-refractivity contribution in [2.75, 3.05) is 79.3 Å². The quantitative estimate of drug-likeness (QED) is 0.148. The summed E-state index contributed by atoms with van der Waals surface area (Å²) in [6.07, 6.45) is 3.58. The predicted molar refractivity (Wildman–Crippen MR) is 194 cm³/mol. The van der Waals surface area contributed by atoms with E-state index in [1.165, 1.54) is 0 Å². The van der Waals surface area contributed by atoms with Crippen LogP contribution in [-0.2, 0) is 6.54 Å². The molecule has 2 aliphatic heterocycles. The Kier molecular flexibility index (Phi) is 10.2. The van der Waals surface area contributed by atoms with Crippen molar-refractivity contribution in [1.82, 2.24) is 19.4 Å². The summed E-state index contributed by atoms with van der Waals surface area (Å²) < 4.78 is 35.8. The molecule has 4 heterocycles. The number of amides is 1. The molecule has 0 aliphatic carbocycles. The van der Waals surface area contributed by atoms with Crippen molar-refractivity contribution >= 4 is 22.9 Å². The second kappa shape index (κ2) is 15.3. The van der Waals surface area contributed by atoms with Crippen molar-refractivity contribution in [3.63, 3.8) is 0 Å². The molecule has 1 fully saturated rings. The number of imidazole rings is 1. The van der Waals surface area contributed by atoms with Crippen LogP contribution in [0.5, 0.6) is 28.7 Å². The Morgan fingerprint density at radius 1 is 0.902 bits per heavy atom. The number of hydrogen-bond acceptors (Lipinski definition) is 10. The first kappa shape index (κ1) is 34.1. The number of aromatic nitrogens is 2. The molecular weight excluding hydrogens is 650 g/mol. The Hall–Kier alpha value is -5.36. The van der Waals surface area contributed by atoms with E-state index in [-0.39, 0.29) is 18.6 Å². The molecule has 2 aliphatic rings. The van der Waals surface area contributed by atoms with E-state index >= 15 is 0 Å². The summed E-state index contributed by atoms with van der Waals surface area (Å²) in [7, 11) is 6.48. The first-order valence-corrected chi connectivity index (χ1v) is 17.4. The number of carbonyl (C=O) groups is 1. The molecule has 2 aromatic heterocycles. The summed E-state index contributed by atoms with van der Waals surface area (Å²) >= 11 is 0. The van der Waals surface area contributed by atoms with Crippen molar-refractivity contribution in [3.8, 4) is 28.7 Å². The van der Waals surface area contributed by atoms with Gasteiger partial charge in [-0.25, -0.2) is 4.98 Å². The van der Waals surface area contributed by atoms with Crippen LogP contribution in [0.4, 0.5) is 5.95 Å². The second-order valence-electron chi connectivity index (χ2n) is 12.9. The maximum Gasteiger partial charge on any atom is 0.253 e. The van der Waals surface area contributed by atoms with E-state index in [4.69, 9.17) is 33.1 Å². The number of likely N-dealkylation sites (N-methyl/N-ethyl adjacent to an activating group) is 1. The monoisotopic (exact) mass is 695 g/mol. The third-order valence-electron chi connectivity index (χ3n) is 9.81. The van der Waals surface area contributed by atoms with Crippen LogP contribution in [-0.4, -0.2) is 99.7 Å². The highest BCUT2D eigenvalue weighted by molar-refractivity contribution is 5.95. The maximum atomic E-state index is 13.8. The standard InChI is InChI=1S/C39H45N5O7/c1-41(38(45)29-22-35(46-2)37(48-4)36(23-29)47-3)24-28(27-12-13-33-34(21-27)51-26-50-33)14-17-42-15-8-16-43(19-18-42)39-40-31-10-5-6-11-32(31)44(39)25-30-9-7-20-49-30/h5-7,9-13,20-23,28H,8,14-19,24-26H2,1-4H3. The maximum absolute atomic E-state index is 13.8. The molecule has 5 aromatic rings. The van der Waals surface area contributed by atoms with E-state index < -0.39 is 0 Å². The number of hydrogen-bond donors (Lipinski definition) is 0. The van der Waals surface area contributed by atoms with Gasteiger partial charge in [0.1, 0.15) is 5.76 Å². The fourth-order valence-corrected chi connectivity index (χ4v) is 7.12. The van der Waals surface area contributed by atoms with E-state index in [0.29, 0.717) is 35.9 Å². The van der Waals surface area contributed by atoms with Crippen LogP contribution in [0.3, 0.4) is 0 Å². The summed E-state index contributed by atoms with van der Waals surface area (Å²) in [5.74, 6) is 4.58. The molecule has 268 valence electrons. The van der Waals surface area contributed by atoms with Crippen LogP contribution in [0.1, 0.15) is 40.4 Å². The smallest absolute Gasteiger partial charge is 0.253 e. The van der Waals surface area contributed by atoms with Crippen molar-refractivity contribution in [2.24, 2.45) is 0 Å². The Morgan fingerprint density at radius 3 is 2.47 bits per heavy atom. The number of methoxy groups -OCH3 is 3. The largest absolute Gasteiger partial charge is 0.493 e. The van der Waals surface area contributed by atoms with E-state index in [2.05, 4.69) is 44.7 Å². The SMILES string of the molecule is COc1cc(C(=O)N(C)CC(CCN2CCCN(c3nc4ccccc4n3Cc3ccco3)CC2)c2ccc3c(c2)OCO3)cc(OC)c1OC. The average molecular weight is 696 g/mol. The normalized spacial score (nSPS) is 15.1. The minimum absolute atomic E-state index is 0.0485. The van der Waals surface area contributed by atoms with Gasteiger partial charge in [0, 0.05) is 44.7 Å². The van der Waals surface area contributed by atoms with E-state index in [1.807, 2.05) is 31.3 Å². The molecule has 12 nitrogen and oxygen atoms in total. The lowest BCUT2D eigenvalue weighted by atomic mass is 9.94. The van der Waals surface area contributed by atoms with Gasteiger partial charge in [0.25, 0.3) is 5.91 Å². The predicted octanol–water partition coefficient (Wildman–Crippen LogP) is 5.89. The molecule has 7 rings (SSSR count). The molecule has 0 spiro atoms. The lowest BCUT2D eigenvalue weighted by molar-refractivity contribution is 0.0782. The van der Waals surface area contributed by atoms with Crippen LogP contribution in [0, 0.1) is 0 Å². The molecule has 0 N–H and O–H groups in total. The number of ether oxygens (including phenoxy) is 5. The summed E-state index contributed by atoms with van der Waals surface area (Å²) in [5, 5.41) is 0. The number of para-hydroxylation sites is 2. The molecule has 51 heavy (non-hydrogen) atoms. The van der Waals surface area contributed by atoms with E-state index in [9.17, 15) is 4.79 Å². The Bertz CT molecular complexity index is 1930. The van der Waals surface area contributed by atoms with Gasteiger partial charge in [-0.1, -0.05) is 18.2 Å². The van der Waals surface area contributed by atoms with Crippen molar-refractivity contribution in [3.05, 3.63) is 89.9 Å². The average Bonchev–Trinajstić information content (AvgIpc) is 3.90. The third-order valence-corrected chi connectivity index (χ3v) is 9.81. The van der Waals surface area contributed by atoms with Crippen molar-refractivity contribution in [1.29, 1.82) is 0 Å². The van der Waals surface area contributed by atoms with E-state index in [1.54, 1.807) is 44.6 Å². The van der Waals surface area contributed by atoms with Crippen molar-refractivity contribution in [2.45, 2.75) is 25.3 Å². The Labute approximate surface area is 298 Å². The lowest BCUT2D eigenvalue weighted by Gasteiger charge is -2.28. The Morgan fingerprint density at radius 2 is 1.71 bits per heavy atom. The highest BCUT2D eigenvalue weighted by Gasteiger charge is 2.26. The summed E-state index contributed by atoms with van der Waals surface area (Å²) in [5.41, 5.74) is 3.65. The number of anilines is 1. The molecule has 0 saturated carbocycles. The molecular formula is C39H45N5O7. The zero-order chi connectivity index (χ0) is 35.3. The number of fused-ring (bicyclic) bond motifs is 2. The minimum Gasteiger partial charge on any atom is -0.493 e. The van der Waals surface area contributed by atoms with Crippen molar-refractivity contribution < 1.29 is 32.9 Å². The molecule has 1 amide bonds. The van der Waals surface area contributed by atoms with Gasteiger partial charge in [0.05, 0.1) is 45.2 Å². The van der Waals surface area contributed by atoms with Crippen LogP contribution in [0.2, 0.25) is 0 Å². The lowest BCUT2D eigenvalue weighted by Crippen LogP contribution is -2.35. The summed E-state index contributed by atoms with van der Waals surface area (Å²) in [6.45, 7) is 5.87. The van der Waals surface area contributed by atoms with Crippen LogP contribution in [0.25, 0.3) is 11.0 Å². The van der Waals surface area contributed by atoms with Gasteiger partial charge in [0.15, 0.2) is 23.0 Å². The van der Waals surface area contributed by atoms with Gasteiger partial charge < -0.3 is 47.4 Å². The van der Waals surface area contributed by atoms with Gasteiger partial charge in [-0.05, 0) is 80.0 Å². The number of nitrogens with zero attached hydrogens (tertiary/aromatic N) is 5. The minimum atomic E-state index is -0.136. The highest BCUT2D eigenvalue weighted by atomic mass is 16.7. The molecule has 12 heteroatoms. The van der Waals surface area contributed by atoms with E-state index in [0.717, 1.165) is 85.4 Å². The van der Waals surface area contributed by atoms with Gasteiger partial charge in [-0.15, -0.1) is 0 Å². The van der Waals surface area contributed by atoms with Gasteiger partial charge >= 0.3 is 0 Å². The first-order valence-electron chi connectivity index (χ1n) is 17.4. The van der Waals surface area contributed by atoms with Gasteiger partial charge in [-0.3, -0.25) is 4.79 Å². The Balaban J connectivity index is 1.07. The molecule has 1 unspecified atom stereocenters. The van der Waals surface area contributed by atoms with Crippen LogP contribution in [0.15, 0.2) is 77.4 Å². The fraction of sp³-hybridized carbons (Fsp3) is 0.385. The molecule has 1 atom stereocenters. The molecule has 0 radical (unpaired) electrons. The zero-order valence-corrected chi connectivity index (χ0v) is 29.7. The molecule has 1 saturated heterocycles. The first-order chi connectivity index (χ1) is 24.9. The van der Waals surface area contributed by atoms with Gasteiger partial charge in [-0.2, -0.15) is 0 Å².